The Morgan fingerprint density at radius 3 is 2.89 bits per heavy atom. The number of ether oxygens (including phenoxy) is 1. The van der Waals surface area contributed by atoms with E-state index in [4.69, 9.17) is 10.5 Å². The molecule has 0 amide bonds. The van der Waals surface area contributed by atoms with Crippen LogP contribution in [-0.2, 0) is 6.42 Å². The molecule has 0 spiro atoms. The van der Waals surface area contributed by atoms with Crippen molar-refractivity contribution in [2.45, 2.75) is 38.1 Å². The largest absolute Gasteiger partial charge is 0.493 e. The average Bonchev–Trinajstić information content (AvgIpc) is 3.11. The molecule has 2 fully saturated rings. The van der Waals surface area contributed by atoms with E-state index in [0.29, 0.717) is 5.92 Å². The van der Waals surface area contributed by atoms with Crippen LogP contribution in [0, 0.1) is 17.8 Å². The van der Waals surface area contributed by atoms with Gasteiger partial charge < -0.3 is 10.5 Å². The smallest absolute Gasteiger partial charge is 0.127 e. The number of nitrogens with two attached hydrogens (primary N) is 1. The highest BCUT2D eigenvalue weighted by molar-refractivity contribution is 9.10. The van der Waals surface area contributed by atoms with E-state index >= 15 is 0 Å². The number of hydrogen-bond donors (Lipinski definition) is 1. The molecule has 1 aliphatic heterocycles. The number of benzene rings is 1. The molecule has 3 heteroatoms. The lowest BCUT2D eigenvalue weighted by molar-refractivity contribution is 0.276. The number of rotatable bonds is 2. The third-order valence-corrected chi connectivity index (χ3v) is 5.85. The van der Waals surface area contributed by atoms with Crippen molar-refractivity contribution in [1.82, 2.24) is 0 Å². The van der Waals surface area contributed by atoms with Gasteiger partial charge in [0.2, 0.25) is 0 Å². The van der Waals surface area contributed by atoms with Crippen molar-refractivity contribution in [2.24, 2.45) is 23.5 Å². The van der Waals surface area contributed by atoms with Crippen LogP contribution < -0.4 is 10.5 Å². The zero-order chi connectivity index (χ0) is 13.0. The molecule has 2 bridgehead atoms. The number of fused-ring (bicyclic) bond motifs is 3. The van der Waals surface area contributed by atoms with E-state index in [9.17, 15) is 0 Å². The van der Waals surface area contributed by atoms with E-state index < -0.39 is 0 Å². The summed E-state index contributed by atoms with van der Waals surface area (Å²) in [7, 11) is 0. The first kappa shape index (κ1) is 12.2. The molecule has 19 heavy (non-hydrogen) atoms. The topological polar surface area (TPSA) is 35.2 Å². The van der Waals surface area contributed by atoms with E-state index in [0.717, 1.165) is 35.1 Å². The molecule has 4 unspecified atom stereocenters. The van der Waals surface area contributed by atoms with E-state index in [1.54, 1.807) is 0 Å². The fourth-order valence-corrected chi connectivity index (χ4v) is 5.03. The Hall–Kier alpha value is -0.540. The van der Waals surface area contributed by atoms with Crippen LogP contribution in [-0.4, -0.2) is 6.61 Å². The SMILES string of the molecule is NC(c1cc(Br)cc2c1OCC2)C1CC2CCC1C2. The molecule has 0 saturated heterocycles. The van der Waals surface area contributed by atoms with Crippen molar-refractivity contribution in [3.05, 3.63) is 27.7 Å². The van der Waals surface area contributed by atoms with E-state index in [-0.39, 0.29) is 6.04 Å². The summed E-state index contributed by atoms with van der Waals surface area (Å²) in [5.41, 5.74) is 9.19. The first-order valence-corrected chi connectivity index (χ1v) is 8.22. The standard InChI is InChI=1S/C16H20BrNO/c17-12-7-11-3-4-19-16(11)14(8-12)15(18)13-6-9-1-2-10(13)5-9/h7-10,13,15H,1-6,18H2. The van der Waals surface area contributed by atoms with Gasteiger partial charge in [-0.05, 0) is 54.7 Å². The zero-order valence-corrected chi connectivity index (χ0v) is 12.7. The van der Waals surface area contributed by atoms with Crippen molar-refractivity contribution in [3.8, 4) is 5.75 Å². The fraction of sp³-hybridized carbons (Fsp3) is 0.625. The van der Waals surface area contributed by atoms with Crippen molar-refractivity contribution >= 4 is 15.9 Å². The summed E-state index contributed by atoms with van der Waals surface area (Å²) < 4.78 is 6.99. The molecule has 0 radical (unpaired) electrons. The molecule has 3 aliphatic rings. The maximum Gasteiger partial charge on any atom is 0.127 e. The molecule has 102 valence electrons. The summed E-state index contributed by atoms with van der Waals surface area (Å²) in [4.78, 5) is 0. The Balaban J connectivity index is 1.69. The lowest BCUT2D eigenvalue weighted by Crippen LogP contribution is -2.26. The van der Waals surface area contributed by atoms with Crippen LogP contribution in [0.15, 0.2) is 16.6 Å². The first-order valence-electron chi connectivity index (χ1n) is 7.43. The third kappa shape index (κ3) is 1.93. The maximum absolute atomic E-state index is 6.63. The molecule has 2 nitrogen and oxygen atoms in total. The number of halogens is 1. The quantitative estimate of drug-likeness (QED) is 0.898. The van der Waals surface area contributed by atoms with E-state index in [1.807, 2.05) is 0 Å². The summed E-state index contributed by atoms with van der Waals surface area (Å²) in [6, 6.07) is 4.51. The van der Waals surface area contributed by atoms with Gasteiger partial charge in [0.25, 0.3) is 0 Å². The average molecular weight is 322 g/mol. The second-order valence-corrected chi connectivity index (χ2v) is 7.36. The van der Waals surface area contributed by atoms with Crippen molar-refractivity contribution in [1.29, 1.82) is 0 Å². The van der Waals surface area contributed by atoms with Gasteiger partial charge in [0, 0.05) is 22.5 Å². The van der Waals surface area contributed by atoms with E-state index in [2.05, 4.69) is 28.1 Å². The second-order valence-electron chi connectivity index (χ2n) is 6.45. The molecule has 1 aromatic carbocycles. The zero-order valence-electron chi connectivity index (χ0n) is 11.1. The van der Waals surface area contributed by atoms with Gasteiger partial charge in [-0.2, -0.15) is 0 Å². The van der Waals surface area contributed by atoms with Gasteiger partial charge in [-0.3, -0.25) is 0 Å². The molecule has 1 aromatic rings. The Morgan fingerprint density at radius 1 is 1.26 bits per heavy atom. The summed E-state index contributed by atoms with van der Waals surface area (Å²) in [6.07, 6.45) is 6.58. The minimum absolute atomic E-state index is 0.152. The summed E-state index contributed by atoms with van der Waals surface area (Å²) in [5, 5.41) is 0. The van der Waals surface area contributed by atoms with Gasteiger partial charge in [0.1, 0.15) is 5.75 Å². The van der Waals surface area contributed by atoms with Crippen molar-refractivity contribution in [2.75, 3.05) is 6.61 Å². The van der Waals surface area contributed by atoms with Crippen LogP contribution in [0.25, 0.3) is 0 Å². The van der Waals surface area contributed by atoms with Gasteiger partial charge in [-0.15, -0.1) is 0 Å². The van der Waals surface area contributed by atoms with E-state index in [1.165, 1.54) is 36.8 Å². The van der Waals surface area contributed by atoms with Gasteiger partial charge >= 0.3 is 0 Å². The van der Waals surface area contributed by atoms with Gasteiger partial charge in [0.05, 0.1) is 6.61 Å². The minimum Gasteiger partial charge on any atom is -0.493 e. The van der Waals surface area contributed by atoms with Crippen LogP contribution in [0.2, 0.25) is 0 Å². The van der Waals surface area contributed by atoms with Crippen molar-refractivity contribution in [3.63, 3.8) is 0 Å². The molecule has 2 aliphatic carbocycles. The van der Waals surface area contributed by atoms with Crippen LogP contribution in [0.4, 0.5) is 0 Å². The molecule has 2 saturated carbocycles. The Morgan fingerprint density at radius 2 is 2.16 bits per heavy atom. The van der Waals surface area contributed by atoms with Crippen LogP contribution in [0.5, 0.6) is 5.75 Å². The molecule has 0 aromatic heterocycles. The molecule has 4 atom stereocenters. The van der Waals surface area contributed by atoms with Crippen LogP contribution in [0.1, 0.15) is 42.9 Å². The predicted octanol–water partition coefficient (Wildman–Crippen LogP) is 3.82. The molecular weight excluding hydrogens is 302 g/mol. The monoisotopic (exact) mass is 321 g/mol. The maximum atomic E-state index is 6.63. The van der Waals surface area contributed by atoms with Crippen LogP contribution >= 0.6 is 15.9 Å². The summed E-state index contributed by atoms with van der Waals surface area (Å²) in [5.74, 6) is 3.55. The normalized spacial score (nSPS) is 33.3. The summed E-state index contributed by atoms with van der Waals surface area (Å²) in [6.45, 7) is 0.808. The summed E-state index contributed by atoms with van der Waals surface area (Å²) >= 11 is 3.62. The minimum atomic E-state index is 0.152. The first-order chi connectivity index (χ1) is 9.22. The predicted molar refractivity (Wildman–Crippen MR) is 79.2 cm³/mol. The Kier molecular flexibility index (Phi) is 2.89. The lowest BCUT2D eigenvalue weighted by Gasteiger charge is -2.29. The molecule has 2 N–H and O–H groups in total. The fourth-order valence-electron chi connectivity index (χ4n) is 4.51. The van der Waals surface area contributed by atoms with Crippen LogP contribution in [0.3, 0.4) is 0 Å². The van der Waals surface area contributed by atoms with Crippen molar-refractivity contribution < 1.29 is 4.74 Å². The highest BCUT2D eigenvalue weighted by Gasteiger charge is 2.43. The third-order valence-electron chi connectivity index (χ3n) is 5.39. The Labute approximate surface area is 122 Å². The lowest BCUT2D eigenvalue weighted by atomic mass is 9.80. The highest BCUT2D eigenvalue weighted by Crippen LogP contribution is 2.53. The second kappa shape index (κ2) is 4.49. The number of hydrogen-bond acceptors (Lipinski definition) is 2. The molecular formula is C16H20BrNO. The molecule has 1 heterocycles. The Bertz CT molecular complexity index is 516. The van der Waals surface area contributed by atoms with Gasteiger partial charge in [0.15, 0.2) is 0 Å². The van der Waals surface area contributed by atoms with Gasteiger partial charge in [-0.25, -0.2) is 0 Å². The highest BCUT2D eigenvalue weighted by atomic mass is 79.9. The van der Waals surface area contributed by atoms with Gasteiger partial charge in [-0.1, -0.05) is 22.4 Å². The molecule has 4 rings (SSSR count).